The van der Waals surface area contributed by atoms with Crippen LogP contribution in [0, 0.1) is 0 Å². The summed E-state index contributed by atoms with van der Waals surface area (Å²) in [6, 6.07) is 5.18. The topological polar surface area (TPSA) is 32.3 Å². The summed E-state index contributed by atoms with van der Waals surface area (Å²) in [4.78, 5) is 13.4. The highest BCUT2D eigenvalue weighted by Crippen LogP contribution is 2.34. The Hall–Kier alpha value is -1.72. The Labute approximate surface area is 109 Å². The van der Waals surface area contributed by atoms with E-state index < -0.39 is 11.7 Å². The lowest BCUT2D eigenvalue weighted by Crippen LogP contribution is -2.33. The molecule has 1 aliphatic rings. The van der Waals surface area contributed by atoms with Gasteiger partial charge in [-0.05, 0) is 25.0 Å². The summed E-state index contributed by atoms with van der Waals surface area (Å²) in [5.74, 6) is -0.158. The van der Waals surface area contributed by atoms with Crippen LogP contribution in [0.1, 0.15) is 18.4 Å². The van der Waals surface area contributed by atoms with E-state index in [0.29, 0.717) is 13.1 Å². The molecule has 6 heteroatoms. The number of alkyl halides is 3. The van der Waals surface area contributed by atoms with Crippen molar-refractivity contribution in [1.29, 1.82) is 0 Å². The van der Waals surface area contributed by atoms with Gasteiger partial charge in [0.2, 0.25) is 5.91 Å². The van der Waals surface area contributed by atoms with E-state index in [1.807, 2.05) is 0 Å². The summed E-state index contributed by atoms with van der Waals surface area (Å²) in [6.07, 6.45) is -2.49. The summed E-state index contributed by atoms with van der Waals surface area (Å²) in [5.41, 5.74) is -0.799. The first-order valence-electron chi connectivity index (χ1n) is 6.16. The number of carbonyl (C=O) groups is 1. The number of nitrogens with one attached hydrogen (secondary N) is 1. The molecule has 3 nitrogen and oxygen atoms in total. The molecule has 0 bridgehead atoms. The quantitative estimate of drug-likeness (QED) is 0.917. The molecule has 0 saturated carbocycles. The predicted molar refractivity (Wildman–Crippen MR) is 65.7 cm³/mol. The third-order valence-corrected chi connectivity index (χ3v) is 3.12. The minimum absolute atomic E-state index is 0.0532. The minimum Gasteiger partial charge on any atom is -0.376 e. The van der Waals surface area contributed by atoms with Crippen LogP contribution in [0.2, 0.25) is 0 Å². The van der Waals surface area contributed by atoms with Crippen LogP contribution >= 0.6 is 0 Å². The summed E-state index contributed by atoms with van der Waals surface area (Å²) < 4.78 is 38.2. The van der Waals surface area contributed by atoms with Crippen molar-refractivity contribution >= 4 is 11.6 Å². The van der Waals surface area contributed by atoms with E-state index >= 15 is 0 Å². The standard InChI is InChI=1S/C13H15F3N2O/c14-13(15,16)10-5-1-2-6-11(10)17-9-12(19)18-7-3-4-8-18/h1-2,5-6,17H,3-4,7-9H2. The normalized spacial score (nSPS) is 15.6. The van der Waals surface area contributed by atoms with Gasteiger partial charge in [-0.3, -0.25) is 4.79 Å². The first-order chi connectivity index (χ1) is 8.98. The van der Waals surface area contributed by atoms with Gasteiger partial charge in [-0.15, -0.1) is 0 Å². The van der Waals surface area contributed by atoms with Crippen molar-refractivity contribution in [2.75, 3.05) is 25.0 Å². The number of rotatable bonds is 3. The highest BCUT2D eigenvalue weighted by molar-refractivity contribution is 5.81. The summed E-state index contributed by atoms with van der Waals surface area (Å²) in [6.45, 7) is 1.29. The van der Waals surface area contributed by atoms with E-state index in [9.17, 15) is 18.0 Å². The average Bonchev–Trinajstić information content (AvgIpc) is 2.89. The third-order valence-electron chi connectivity index (χ3n) is 3.12. The molecule has 0 atom stereocenters. The number of amides is 1. The second-order valence-corrected chi connectivity index (χ2v) is 4.48. The molecule has 0 radical (unpaired) electrons. The van der Waals surface area contributed by atoms with Gasteiger partial charge in [0.25, 0.3) is 0 Å². The van der Waals surface area contributed by atoms with Gasteiger partial charge in [0.15, 0.2) is 0 Å². The molecule has 1 N–H and O–H groups in total. The zero-order valence-electron chi connectivity index (χ0n) is 10.3. The van der Waals surface area contributed by atoms with Crippen molar-refractivity contribution in [2.24, 2.45) is 0 Å². The lowest BCUT2D eigenvalue weighted by Gasteiger charge is -2.18. The van der Waals surface area contributed by atoms with Gasteiger partial charge in [0.1, 0.15) is 0 Å². The number of likely N-dealkylation sites (tertiary alicyclic amines) is 1. The van der Waals surface area contributed by atoms with Gasteiger partial charge < -0.3 is 10.2 Å². The molecule has 1 aromatic carbocycles. The smallest absolute Gasteiger partial charge is 0.376 e. The van der Waals surface area contributed by atoms with Crippen LogP contribution in [0.5, 0.6) is 0 Å². The van der Waals surface area contributed by atoms with Crippen molar-refractivity contribution < 1.29 is 18.0 Å². The monoisotopic (exact) mass is 272 g/mol. The van der Waals surface area contributed by atoms with Gasteiger partial charge in [-0.1, -0.05) is 12.1 Å². The van der Waals surface area contributed by atoms with E-state index in [1.54, 1.807) is 4.90 Å². The fourth-order valence-corrected chi connectivity index (χ4v) is 2.13. The number of para-hydroxylation sites is 1. The van der Waals surface area contributed by atoms with Crippen LogP contribution in [0.15, 0.2) is 24.3 Å². The maximum Gasteiger partial charge on any atom is 0.418 e. The van der Waals surface area contributed by atoms with Crippen LogP contribution in [-0.2, 0) is 11.0 Å². The second kappa shape index (κ2) is 5.50. The number of nitrogens with zero attached hydrogens (tertiary/aromatic N) is 1. The number of anilines is 1. The van der Waals surface area contributed by atoms with Gasteiger partial charge in [-0.2, -0.15) is 13.2 Å². The van der Waals surface area contributed by atoms with Crippen LogP contribution in [0.3, 0.4) is 0 Å². The molecule has 0 unspecified atom stereocenters. The van der Waals surface area contributed by atoms with Crippen LogP contribution in [-0.4, -0.2) is 30.4 Å². The Morgan fingerprint density at radius 2 is 1.84 bits per heavy atom. The molecule has 1 fully saturated rings. The number of carbonyl (C=O) groups excluding carboxylic acids is 1. The predicted octanol–water partition coefficient (Wildman–Crippen LogP) is 2.74. The number of hydrogen-bond acceptors (Lipinski definition) is 2. The van der Waals surface area contributed by atoms with Gasteiger partial charge in [-0.25, -0.2) is 0 Å². The minimum atomic E-state index is -4.42. The van der Waals surface area contributed by atoms with E-state index in [4.69, 9.17) is 0 Å². The Morgan fingerprint density at radius 1 is 1.21 bits per heavy atom. The summed E-state index contributed by atoms with van der Waals surface area (Å²) in [5, 5.41) is 2.59. The molecule has 1 heterocycles. The van der Waals surface area contributed by atoms with Crippen molar-refractivity contribution in [1.82, 2.24) is 4.90 Å². The number of benzene rings is 1. The largest absolute Gasteiger partial charge is 0.418 e. The highest BCUT2D eigenvalue weighted by Gasteiger charge is 2.33. The third kappa shape index (κ3) is 3.39. The highest BCUT2D eigenvalue weighted by atomic mass is 19.4. The molecule has 0 aliphatic carbocycles. The van der Waals surface area contributed by atoms with E-state index in [2.05, 4.69) is 5.32 Å². The van der Waals surface area contributed by atoms with Crippen molar-refractivity contribution in [3.05, 3.63) is 29.8 Å². The zero-order valence-corrected chi connectivity index (χ0v) is 10.3. The van der Waals surface area contributed by atoms with Crippen LogP contribution in [0.4, 0.5) is 18.9 Å². The van der Waals surface area contributed by atoms with Gasteiger partial charge in [0, 0.05) is 18.8 Å². The maximum atomic E-state index is 12.7. The second-order valence-electron chi connectivity index (χ2n) is 4.48. The lowest BCUT2D eigenvalue weighted by molar-refractivity contribution is -0.137. The summed E-state index contributed by atoms with van der Waals surface area (Å²) in [7, 11) is 0. The maximum absolute atomic E-state index is 12.7. The van der Waals surface area contributed by atoms with Crippen LogP contribution in [0.25, 0.3) is 0 Å². The Balaban J connectivity index is 2.01. The summed E-state index contributed by atoms with van der Waals surface area (Å²) >= 11 is 0. The van der Waals surface area contributed by atoms with Crippen molar-refractivity contribution in [3.8, 4) is 0 Å². The van der Waals surface area contributed by atoms with Gasteiger partial charge >= 0.3 is 6.18 Å². The number of hydrogen-bond donors (Lipinski definition) is 1. The molecule has 0 aromatic heterocycles. The Kier molecular flexibility index (Phi) is 3.97. The fourth-order valence-electron chi connectivity index (χ4n) is 2.13. The van der Waals surface area contributed by atoms with E-state index in [-0.39, 0.29) is 18.1 Å². The molecular formula is C13H15F3N2O. The molecule has 104 valence electrons. The van der Waals surface area contributed by atoms with E-state index in [1.165, 1.54) is 18.2 Å². The molecule has 1 amide bonds. The Morgan fingerprint density at radius 3 is 2.47 bits per heavy atom. The lowest BCUT2D eigenvalue weighted by atomic mass is 10.1. The first-order valence-corrected chi connectivity index (χ1v) is 6.16. The zero-order chi connectivity index (χ0) is 13.9. The molecule has 0 spiro atoms. The van der Waals surface area contributed by atoms with E-state index in [0.717, 1.165) is 18.9 Å². The van der Waals surface area contributed by atoms with Crippen molar-refractivity contribution in [2.45, 2.75) is 19.0 Å². The molecular weight excluding hydrogens is 257 g/mol. The molecule has 1 aromatic rings. The Bertz CT molecular complexity index is 453. The first kappa shape index (κ1) is 13.7. The average molecular weight is 272 g/mol. The molecule has 1 aliphatic heterocycles. The fraction of sp³-hybridized carbons (Fsp3) is 0.462. The van der Waals surface area contributed by atoms with Crippen LogP contribution < -0.4 is 5.32 Å². The van der Waals surface area contributed by atoms with Crippen molar-refractivity contribution in [3.63, 3.8) is 0 Å². The molecule has 19 heavy (non-hydrogen) atoms. The number of halogens is 3. The molecule has 2 rings (SSSR count). The van der Waals surface area contributed by atoms with Gasteiger partial charge in [0.05, 0.1) is 12.1 Å². The SMILES string of the molecule is O=C(CNc1ccccc1C(F)(F)F)N1CCCC1. The molecule has 1 saturated heterocycles.